The van der Waals surface area contributed by atoms with Crippen LogP contribution in [0.3, 0.4) is 0 Å². The lowest BCUT2D eigenvalue weighted by Crippen LogP contribution is -2.06. The Morgan fingerprint density at radius 1 is 0.842 bits per heavy atom. The Morgan fingerprint density at radius 2 is 1.26 bits per heavy atom. The second-order valence-corrected chi connectivity index (χ2v) is 4.10. The first kappa shape index (κ1) is 13.3. The highest BCUT2D eigenvalue weighted by Crippen LogP contribution is 2.29. The van der Waals surface area contributed by atoms with Crippen LogP contribution in [0.25, 0.3) is 0 Å². The van der Waals surface area contributed by atoms with Crippen molar-refractivity contribution in [1.29, 1.82) is 0 Å². The van der Waals surface area contributed by atoms with E-state index in [0.717, 1.165) is 17.7 Å². The lowest BCUT2D eigenvalue weighted by molar-refractivity contribution is -0.137. The number of carbonyl (C=O) groups excluding carboxylic acids is 1. The second-order valence-electron chi connectivity index (χ2n) is 4.10. The van der Waals surface area contributed by atoms with E-state index in [1.54, 1.807) is 24.3 Å². The van der Waals surface area contributed by atoms with Gasteiger partial charge in [0.15, 0.2) is 5.78 Å². The van der Waals surface area contributed by atoms with Crippen LogP contribution in [0.5, 0.6) is 0 Å². The third-order valence-electron chi connectivity index (χ3n) is 2.69. The molecule has 0 atom stereocenters. The van der Waals surface area contributed by atoms with Crippen LogP contribution in [-0.2, 0) is 6.18 Å². The standard InChI is InChI=1S/C15H10F3O/c1-10-2-4-11(5-3-10)14(19)12-6-8-13(9-7-12)15(16,17)18/h2-9H,1H2. The maximum Gasteiger partial charge on any atom is 0.416 e. The second kappa shape index (κ2) is 4.88. The molecule has 0 aliphatic carbocycles. The van der Waals surface area contributed by atoms with Crippen LogP contribution in [0, 0.1) is 6.92 Å². The summed E-state index contributed by atoms with van der Waals surface area (Å²) in [4.78, 5) is 12.0. The van der Waals surface area contributed by atoms with Crippen molar-refractivity contribution in [2.24, 2.45) is 0 Å². The first-order valence-electron chi connectivity index (χ1n) is 5.52. The van der Waals surface area contributed by atoms with E-state index >= 15 is 0 Å². The number of carbonyl (C=O) groups is 1. The SMILES string of the molecule is [CH2]c1ccc(C(=O)c2ccc(C(F)(F)F)cc2)cc1. The van der Waals surface area contributed by atoms with Crippen LogP contribution >= 0.6 is 0 Å². The highest BCUT2D eigenvalue weighted by molar-refractivity contribution is 6.09. The summed E-state index contributed by atoms with van der Waals surface area (Å²) in [5, 5.41) is 0. The molecule has 0 aromatic heterocycles. The Morgan fingerprint density at radius 3 is 1.68 bits per heavy atom. The fourth-order valence-corrected chi connectivity index (χ4v) is 1.63. The van der Waals surface area contributed by atoms with Crippen molar-refractivity contribution < 1.29 is 18.0 Å². The lowest BCUT2D eigenvalue weighted by atomic mass is 10.0. The van der Waals surface area contributed by atoms with E-state index in [4.69, 9.17) is 0 Å². The van der Waals surface area contributed by atoms with Gasteiger partial charge in [0.25, 0.3) is 0 Å². The summed E-state index contributed by atoms with van der Waals surface area (Å²) >= 11 is 0. The zero-order valence-electron chi connectivity index (χ0n) is 9.87. The van der Waals surface area contributed by atoms with E-state index in [0.29, 0.717) is 5.56 Å². The number of benzene rings is 2. The van der Waals surface area contributed by atoms with Gasteiger partial charge in [0.05, 0.1) is 5.56 Å². The van der Waals surface area contributed by atoms with Gasteiger partial charge in [-0.25, -0.2) is 0 Å². The monoisotopic (exact) mass is 263 g/mol. The molecule has 0 heterocycles. The average Bonchev–Trinajstić information content (AvgIpc) is 2.38. The van der Waals surface area contributed by atoms with Crippen LogP contribution in [-0.4, -0.2) is 5.78 Å². The fourth-order valence-electron chi connectivity index (χ4n) is 1.63. The molecule has 97 valence electrons. The average molecular weight is 263 g/mol. The first-order chi connectivity index (χ1) is 8.88. The van der Waals surface area contributed by atoms with Gasteiger partial charge in [-0.15, -0.1) is 0 Å². The maximum absolute atomic E-state index is 12.4. The van der Waals surface area contributed by atoms with Gasteiger partial charge >= 0.3 is 6.18 Å². The van der Waals surface area contributed by atoms with E-state index in [1.807, 2.05) is 0 Å². The molecule has 19 heavy (non-hydrogen) atoms. The third-order valence-corrected chi connectivity index (χ3v) is 2.69. The zero-order chi connectivity index (χ0) is 14.0. The van der Waals surface area contributed by atoms with Crippen LogP contribution in [0.15, 0.2) is 48.5 Å². The van der Waals surface area contributed by atoms with Crippen LogP contribution in [0.2, 0.25) is 0 Å². The number of hydrogen-bond acceptors (Lipinski definition) is 1. The minimum atomic E-state index is -4.39. The Labute approximate surface area is 108 Å². The molecule has 0 unspecified atom stereocenters. The summed E-state index contributed by atoms with van der Waals surface area (Å²) in [6.45, 7) is 3.70. The van der Waals surface area contributed by atoms with Gasteiger partial charge in [0, 0.05) is 11.1 Å². The molecule has 2 aromatic rings. The number of rotatable bonds is 2. The molecule has 0 saturated carbocycles. The highest BCUT2D eigenvalue weighted by atomic mass is 19.4. The topological polar surface area (TPSA) is 17.1 Å². The summed E-state index contributed by atoms with van der Waals surface area (Å²) in [6, 6.07) is 10.7. The van der Waals surface area contributed by atoms with Gasteiger partial charge < -0.3 is 0 Å². The predicted octanol–water partition coefficient (Wildman–Crippen LogP) is 4.12. The maximum atomic E-state index is 12.4. The summed E-state index contributed by atoms with van der Waals surface area (Å²) in [6.07, 6.45) is -4.39. The van der Waals surface area contributed by atoms with Gasteiger partial charge in [-0.2, -0.15) is 13.2 Å². The minimum Gasteiger partial charge on any atom is -0.289 e. The zero-order valence-corrected chi connectivity index (χ0v) is 9.87. The molecule has 0 saturated heterocycles. The third kappa shape index (κ3) is 3.02. The molecule has 0 fully saturated rings. The highest BCUT2D eigenvalue weighted by Gasteiger charge is 2.30. The first-order valence-corrected chi connectivity index (χ1v) is 5.52. The number of halogens is 3. The van der Waals surface area contributed by atoms with Crippen molar-refractivity contribution in [3.63, 3.8) is 0 Å². The fraction of sp³-hybridized carbons (Fsp3) is 0.0667. The molecule has 0 bridgehead atoms. The van der Waals surface area contributed by atoms with Crippen LogP contribution in [0.1, 0.15) is 27.0 Å². The van der Waals surface area contributed by atoms with Crippen molar-refractivity contribution in [1.82, 2.24) is 0 Å². The Hall–Kier alpha value is -2.10. The molecule has 0 aliphatic rings. The van der Waals surface area contributed by atoms with Gasteiger partial charge in [0.1, 0.15) is 0 Å². The summed E-state index contributed by atoms with van der Waals surface area (Å²) in [5.41, 5.74) is 0.651. The van der Waals surface area contributed by atoms with Crippen LogP contribution < -0.4 is 0 Å². The molecule has 4 heteroatoms. The van der Waals surface area contributed by atoms with Crippen molar-refractivity contribution in [2.75, 3.05) is 0 Å². The molecule has 0 spiro atoms. The molecule has 1 radical (unpaired) electrons. The van der Waals surface area contributed by atoms with Crippen molar-refractivity contribution in [3.05, 3.63) is 77.7 Å². The Balaban J connectivity index is 2.27. The van der Waals surface area contributed by atoms with Crippen molar-refractivity contribution in [3.8, 4) is 0 Å². The predicted molar refractivity (Wildman–Crippen MR) is 65.8 cm³/mol. The van der Waals surface area contributed by atoms with Crippen LogP contribution in [0.4, 0.5) is 13.2 Å². The molecular formula is C15H10F3O. The van der Waals surface area contributed by atoms with Crippen molar-refractivity contribution >= 4 is 5.78 Å². The van der Waals surface area contributed by atoms with Gasteiger partial charge in [-0.05, 0) is 24.6 Å². The number of hydrogen-bond donors (Lipinski definition) is 0. The summed E-state index contributed by atoms with van der Waals surface area (Å²) < 4.78 is 37.2. The number of ketones is 1. The lowest BCUT2D eigenvalue weighted by Gasteiger charge is -2.07. The Bertz CT molecular complexity index is 580. The van der Waals surface area contributed by atoms with E-state index < -0.39 is 11.7 Å². The molecule has 2 rings (SSSR count). The summed E-state index contributed by atoms with van der Waals surface area (Å²) in [5.74, 6) is -0.311. The van der Waals surface area contributed by atoms with Gasteiger partial charge in [0.2, 0.25) is 0 Å². The molecule has 1 nitrogen and oxygen atoms in total. The molecule has 0 aliphatic heterocycles. The van der Waals surface area contributed by atoms with Gasteiger partial charge in [-0.3, -0.25) is 4.79 Å². The van der Waals surface area contributed by atoms with E-state index in [2.05, 4.69) is 6.92 Å². The Kier molecular flexibility index (Phi) is 3.42. The van der Waals surface area contributed by atoms with Gasteiger partial charge in [-0.1, -0.05) is 36.4 Å². The molecular weight excluding hydrogens is 253 g/mol. The molecule has 0 N–H and O–H groups in total. The van der Waals surface area contributed by atoms with Crippen molar-refractivity contribution in [2.45, 2.75) is 6.18 Å². The molecule has 2 aromatic carbocycles. The number of alkyl halides is 3. The quantitative estimate of drug-likeness (QED) is 0.745. The van der Waals surface area contributed by atoms with E-state index in [1.165, 1.54) is 12.1 Å². The van der Waals surface area contributed by atoms with E-state index in [-0.39, 0.29) is 11.3 Å². The normalized spacial score (nSPS) is 11.4. The smallest absolute Gasteiger partial charge is 0.289 e. The minimum absolute atomic E-state index is 0.227. The molecule has 0 amide bonds. The largest absolute Gasteiger partial charge is 0.416 e. The summed E-state index contributed by atoms with van der Waals surface area (Å²) in [7, 11) is 0. The van der Waals surface area contributed by atoms with E-state index in [9.17, 15) is 18.0 Å².